The second-order valence-corrected chi connectivity index (χ2v) is 5.32. The first kappa shape index (κ1) is 17.9. The molecule has 0 saturated heterocycles. The van der Waals surface area contributed by atoms with Crippen LogP contribution in [-0.4, -0.2) is 44.8 Å². The lowest BCUT2D eigenvalue weighted by Crippen LogP contribution is -2.29. The summed E-state index contributed by atoms with van der Waals surface area (Å²) in [5.41, 5.74) is -2.07. The zero-order valence-corrected chi connectivity index (χ0v) is 12.9. The molecule has 1 N–H and O–H groups in total. The van der Waals surface area contributed by atoms with Crippen LogP contribution in [0.5, 0.6) is 5.75 Å². The number of carbonyl (C=O) groups is 1. The van der Waals surface area contributed by atoms with Gasteiger partial charge in [-0.3, -0.25) is 4.57 Å². The van der Waals surface area contributed by atoms with Crippen LogP contribution < -0.4 is 10.4 Å². The van der Waals surface area contributed by atoms with E-state index in [1.165, 1.54) is 4.57 Å². The smallest absolute Gasteiger partial charge is 0.422 e. The molecule has 1 aromatic heterocycles. The number of ether oxygens (including phenoxy) is 2. The fourth-order valence-electron chi connectivity index (χ4n) is 2.40. The third-order valence-electron chi connectivity index (χ3n) is 3.53. The Morgan fingerprint density at radius 2 is 2.12 bits per heavy atom. The fourth-order valence-corrected chi connectivity index (χ4v) is 2.40. The zero-order chi connectivity index (χ0) is 19.1. The second kappa shape index (κ2) is 6.44. The molecular formula is C14H11F4N3O5. The van der Waals surface area contributed by atoms with E-state index < -0.39 is 47.3 Å². The van der Waals surface area contributed by atoms with Crippen molar-refractivity contribution < 1.29 is 36.9 Å². The number of carboxylic acid groups (broad SMARTS) is 1. The molecule has 0 radical (unpaired) electrons. The Balaban J connectivity index is 2.09. The quantitative estimate of drug-likeness (QED) is 0.808. The summed E-state index contributed by atoms with van der Waals surface area (Å²) in [7, 11) is 0. The number of rotatable bonds is 4. The molecule has 0 bridgehead atoms. The molecule has 1 aliphatic heterocycles. The molecular weight excluding hydrogens is 366 g/mol. The number of benzene rings is 1. The van der Waals surface area contributed by atoms with Gasteiger partial charge >= 0.3 is 17.8 Å². The van der Waals surface area contributed by atoms with Crippen LogP contribution in [0, 0.1) is 5.82 Å². The van der Waals surface area contributed by atoms with E-state index in [4.69, 9.17) is 9.84 Å². The molecule has 26 heavy (non-hydrogen) atoms. The highest BCUT2D eigenvalue weighted by molar-refractivity contribution is 5.91. The summed E-state index contributed by atoms with van der Waals surface area (Å²) in [5, 5.41) is 12.9. The summed E-state index contributed by atoms with van der Waals surface area (Å²) in [5.74, 6) is -3.36. The van der Waals surface area contributed by atoms with Crippen LogP contribution in [0.25, 0.3) is 5.69 Å². The lowest BCUT2D eigenvalue weighted by atomic mass is 10.1. The lowest BCUT2D eigenvalue weighted by Gasteiger charge is -2.13. The maximum Gasteiger partial charge on any atom is 0.422 e. The van der Waals surface area contributed by atoms with Gasteiger partial charge in [-0.15, -0.1) is 5.10 Å². The molecule has 2 aromatic rings. The third kappa shape index (κ3) is 3.40. The molecule has 1 aliphatic rings. The number of aromatic nitrogens is 3. The molecule has 0 atom stereocenters. The van der Waals surface area contributed by atoms with E-state index >= 15 is 0 Å². The molecule has 0 amide bonds. The van der Waals surface area contributed by atoms with Crippen molar-refractivity contribution in [1.82, 2.24) is 14.3 Å². The first-order valence-corrected chi connectivity index (χ1v) is 7.20. The van der Waals surface area contributed by atoms with Crippen molar-refractivity contribution in [3.05, 3.63) is 39.8 Å². The molecule has 0 spiro atoms. The van der Waals surface area contributed by atoms with Gasteiger partial charge in [0.2, 0.25) is 0 Å². The van der Waals surface area contributed by atoms with Gasteiger partial charge in [0, 0.05) is 6.07 Å². The van der Waals surface area contributed by atoms with Crippen LogP contribution in [0.1, 0.15) is 16.2 Å². The van der Waals surface area contributed by atoms with E-state index in [-0.39, 0.29) is 25.6 Å². The van der Waals surface area contributed by atoms with Crippen molar-refractivity contribution in [2.75, 3.05) is 13.2 Å². The molecule has 2 heterocycles. The second-order valence-electron chi connectivity index (χ2n) is 5.32. The summed E-state index contributed by atoms with van der Waals surface area (Å²) in [6, 6.07) is 1.18. The van der Waals surface area contributed by atoms with Crippen LogP contribution in [0.3, 0.4) is 0 Å². The maximum atomic E-state index is 14.3. The molecule has 0 saturated carbocycles. The van der Waals surface area contributed by atoms with Gasteiger partial charge in [-0.25, -0.2) is 14.0 Å². The Labute approximate surface area is 142 Å². The van der Waals surface area contributed by atoms with Crippen LogP contribution in [0.4, 0.5) is 17.6 Å². The molecule has 0 aliphatic carbocycles. The molecule has 140 valence electrons. The number of carboxylic acids is 1. The van der Waals surface area contributed by atoms with E-state index in [1.807, 2.05) is 0 Å². The van der Waals surface area contributed by atoms with Gasteiger partial charge in [-0.2, -0.15) is 17.9 Å². The molecule has 3 rings (SSSR count). The standard InChI is InChI=1S/C14H11F4N3O5/c15-8-3-7(12(22)23)10(26-6-14(16,17)18)4-9(8)21-13(24)20-1-2-25-5-11(20)19-21/h3-4H,1-2,5-6H2,(H,22,23). The van der Waals surface area contributed by atoms with Crippen molar-refractivity contribution in [2.24, 2.45) is 0 Å². The fraction of sp³-hybridized carbons (Fsp3) is 0.357. The highest BCUT2D eigenvalue weighted by atomic mass is 19.4. The Morgan fingerprint density at radius 1 is 1.38 bits per heavy atom. The van der Waals surface area contributed by atoms with Crippen LogP contribution in [-0.2, 0) is 17.9 Å². The van der Waals surface area contributed by atoms with Gasteiger partial charge in [0.25, 0.3) is 0 Å². The van der Waals surface area contributed by atoms with E-state index in [0.717, 1.165) is 0 Å². The summed E-state index contributed by atoms with van der Waals surface area (Å²) >= 11 is 0. The van der Waals surface area contributed by atoms with Gasteiger partial charge in [0.05, 0.1) is 13.2 Å². The van der Waals surface area contributed by atoms with Crippen molar-refractivity contribution >= 4 is 5.97 Å². The van der Waals surface area contributed by atoms with Crippen LogP contribution in [0.15, 0.2) is 16.9 Å². The van der Waals surface area contributed by atoms with Crippen molar-refractivity contribution in [3.8, 4) is 11.4 Å². The minimum absolute atomic E-state index is 0.00843. The zero-order valence-electron chi connectivity index (χ0n) is 12.9. The first-order valence-electron chi connectivity index (χ1n) is 7.20. The van der Waals surface area contributed by atoms with Gasteiger partial charge < -0.3 is 14.6 Å². The van der Waals surface area contributed by atoms with E-state index in [9.17, 15) is 27.2 Å². The number of hydrogen-bond acceptors (Lipinski definition) is 5. The normalized spacial score (nSPS) is 14.2. The Hall–Kier alpha value is -2.89. The van der Waals surface area contributed by atoms with Crippen molar-refractivity contribution in [2.45, 2.75) is 19.3 Å². The summed E-state index contributed by atoms with van der Waals surface area (Å²) < 4.78 is 62.9. The third-order valence-corrected chi connectivity index (χ3v) is 3.53. The van der Waals surface area contributed by atoms with Gasteiger partial charge in [-0.05, 0) is 6.07 Å². The highest BCUT2D eigenvalue weighted by Crippen LogP contribution is 2.27. The van der Waals surface area contributed by atoms with Gasteiger partial charge in [-0.1, -0.05) is 0 Å². The predicted octanol–water partition coefficient (Wildman–Crippen LogP) is 1.34. The lowest BCUT2D eigenvalue weighted by molar-refractivity contribution is -0.153. The van der Waals surface area contributed by atoms with Gasteiger partial charge in [0.1, 0.15) is 29.4 Å². The van der Waals surface area contributed by atoms with Crippen LogP contribution in [0.2, 0.25) is 0 Å². The molecule has 0 unspecified atom stereocenters. The highest BCUT2D eigenvalue weighted by Gasteiger charge is 2.30. The van der Waals surface area contributed by atoms with Crippen molar-refractivity contribution in [1.29, 1.82) is 0 Å². The summed E-state index contributed by atoms with van der Waals surface area (Å²) in [6.07, 6.45) is -4.73. The minimum atomic E-state index is -4.73. The van der Waals surface area contributed by atoms with Crippen molar-refractivity contribution in [3.63, 3.8) is 0 Å². The number of aromatic carboxylic acids is 1. The summed E-state index contributed by atoms with van der Waals surface area (Å²) in [4.78, 5) is 23.5. The Kier molecular flexibility index (Phi) is 4.44. The van der Waals surface area contributed by atoms with Crippen LogP contribution >= 0.6 is 0 Å². The van der Waals surface area contributed by atoms with Gasteiger partial charge in [0.15, 0.2) is 12.4 Å². The monoisotopic (exact) mass is 377 g/mol. The topological polar surface area (TPSA) is 95.6 Å². The molecule has 0 fully saturated rings. The number of alkyl halides is 3. The number of fused-ring (bicyclic) bond motifs is 1. The Bertz CT molecular complexity index is 919. The first-order chi connectivity index (χ1) is 12.2. The van der Waals surface area contributed by atoms with E-state index in [0.29, 0.717) is 16.8 Å². The predicted molar refractivity (Wildman–Crippen MR) is 75.9 cm³/mol. The maximum absolute atomic E-state index is 14.3. The number of hydrogen-bond donors (Lipinski definition) is 1. The average Bonchev–Trinajstić information content (AvgIpc) is 2.89. The minimum Gasteiger partial charge on any atom is -0.483 e. The largest absolute Gasteiger partial charge is 0.483 e. The number of halogens is 4. The SMILES string of the molecule is O=C(O)c1cc(F)c(-n2nc3n(c2=O)CCOC3)cc1OCC(F)(F)F. The molecule has 1 aromatic carbocycles. The average molecular weight is 377 g/mol. The number of nitrogens with zero attached hydrogens (tertiary/aromatic N) is 3. The Morgan fingerprint density at radius 3 is 2.73 bits per heavy atom. The van der Waals surface area contributed by atoms with E-state index in [2.05, 4.69) is 9.84 Å². The molecule has 8 nitrogen and oxygen atoms in total. The molecule has 12 heteroatoms. The van der Waals surface area contributed by atoms with E-state index in [1.54, 1.807) is 0 Å². The summed E-state index contributed by atoms with van der Waals surface area (Å²) in [6.45, 7) is -1.34.